The van der Waals surface area contributed by atoms with Crippen LogP contribution < -0.4 is 4.74 Å². The van der Waals surface area contributed by atoms with Crippen LogP contribution in [0.1, 0.15) is 5.56 Å². The Balaban J connectivity index is 2.82. The van der Waals surface area contributed by atoms with Crippen LogP contribution in [0.2, 0.25) is 0 Å². The minimum absolute atomic E-state index is 0.771. The first-order valence-corrected chi connectivity index (χ1v) is 3.16. The van der Waals surface area contributed by atoms with E-state index in [-0.39, 0.29) is 0 Å². The van der Waals surface area contributed by atoms with Crippen LogP contribution >= 0.6 is 0 Å². The highest BCUT2D eigenvalue weighted by atomic mass is 16.5. The Kier molecular flexibility index (Phi) is 2.49. The van der Waals surface area contributed by atoms with Crippen molar-refractivity contribution in [2.75, 3.05) is 7.11 Å². The molecule has 0 aliphatic heterocycles. The third-order valence-electron chi connectivity index (χ3n) is 1.32. The SMILES string of the molecule is COc1ccc(/C=N\[O-])cc1. The average molecular weight is 150 g/mol. The minimum atomic E-state index is 0.771. The second-order valence-electron chi connectivity index (χ2n) is 2.01. The number of methoxy groups -OCH3 is 1. The average Bonchev–Trinajstić information content (AvgIpc) is 2.07. The Bertz CT molecular complexity index is 241. The number of hydrogen-bond donors (Lipinski definition) is 0. The Morgan fingerprint density at radius 2 is 2.00 bits per heavy atom. The van der Waals surface area contributed by atoms with E-state index in [4.69, 9.17) is 4.74 Å². The van der Waals surface area contributed by atoms with E-state index in [1.54, 1.807) is 31.4 Å². The molecule has 11 heavy (non-hydrogen) atoms. The lowest BCUT2D eigenvalue weighted by Crippen LogP contribution is -1.83. The van der Waals surface area contributed by atoms with Crippen LogP contribution in [0.5, 0.6) is 5.75 Å². The molecule has 0 saturated heterocycles. The van der Waals surface area contributed by atoms with E-state index in [9.17, 15) is 5.21 Å². The molecule has 1 aromatic carbocycles. The van der Waals surface area contributed by atoms with E-state index in [1.807, 2.05) is 0 Å². The summed E-state index contributed by atoms with van der Waals surface area (Å²) in [7, 11) is 1.59. The molecule has 0 fully saturated rings. The maximum Gasteiger partial charge on any atom is 0.118 e. The van der Waals surface area contributed by atoms with Gasteiger partial charge in [-0.15, -0.1) is 0 Å². The van der Waals surface area contributed by atoms with Gasteiger partial charge in [-0.2, -0.15) is 0 Å². The molecule has 0 amide bonds. The molecule has 58 valence electrons. The molecule has 0 atom stereocenters. The highest BCUT2D eigenvalue weighted by Crippen LogP contribution is 2.09. The zero-order chi connectivity index (χ0) is 8.10. The molecular weight excluding hydrogens is 142 g/mol. The van der Waals surface area contributed by atoms with Gasteiger partial charge in [-0.05, 0) is 29.8 Å². The van der Waals surface area contributed by atoms with Gasteiger partial charge in [-0.25, -0.2) is 0 Å². The molecule has 0 aliphatic carbocycles. The second-order valence-corrected chi connectivity index (χ2v) is 2.01. The number of benzene rings is 1. The van der Waals surface area contributed by atoms with Gasteiger partial charge in [-0.3, -0.25) is 0 Å². The summed E-state index contributed by atoms with van der Waals surface area (Å²) in [6, 6.07) is 7.08. The summed E-state index contributed by atoms with van der Waals surface area (Å²) in [5, 5.41) is 12.4. The molecule has 3 heteroatoms. The summed E-state index contributed by atoms with van der Waals surface area (Å²) in [5.74, 6) is 0.771. The zero-order valence-corrected chi connectivity index (χ0v) is 6.15. The van der Waals surface area contributed by atoms with Crippen molar-refractivity contribution in [2.24, 2.45) is 5.16 Å². The molecular formula is C8H8NO2-. The Labute approximate surface area is 64.9 Å². The number of hydrogen-bond acceptors (Lipinski definition) is 3. The maximum absolute atomic E-state index is 9.79. The van der Waals surface area contributed by atoms with Crippen LogP contribution in [-0.2, 0) is 0 Å². The molecule has 0 bridgehead atoms. The van der Waals surface area contributed by atoms with Gasteiger partial charge < -0.3 is 15.1 Å². The van der Waals surface area contributed by atoms with Gasteiger partial charge >= 0.3 is 0 Å². The summed E-state index contributed by atoms with van der Waals surface area (Å²) in [5.41, 5.74) is 0.779. The van der Waals surface area contributed by atoms with E-state index in [0.29, 0.717) is 0 Å². The lowest BCUT2D eigenvalue weighted by atomic mass is 10.2. The van der Waals surface area contributed by atoms with E-state index >= 15 is 0 Å². The molecule has 0 unspecified atom stereocenters. The van der Waals surface area contributed by atoms with Crippen LogP contribution in [0.3, 0.4) is 0 Å². The highest BCUT2D eigenvalue weighted by molar-refractivity contribution is 5.79. The predicted octanol–water partition coefficient (Wildman–Crippen LogP) is 1.61. The van der Waals surface area contributed by atoms with Crippen molar-refractivity contribution in [1.82, 2.24) is 0 Å². The van der Waals surface area contributed by atoms with Gasteiger partial charge in [0.1, 0.15) is 5.75 Å². The molecule has 0 aromatic heterocycles. The third-order valence-corrected chi connectivity index (χ3v) is 1.32. The molecule has 1 aromatic rings. The topological polar surface area (TPSA) is 44.6 Å². The third kappa shape index (κ3) is 1.97. The van der Waals surface area contributed by atoms with Crippen molar-refractivity contribution in [2.45, 2.75) is 0 Å². The van der Waals surface area contributed by atoms with Crippen molar-refractivity contribution in [3.63, 3.8) is 0 Å². The van der Waals surface area contributed by atoms with Crippen LogP contribution in [0.25, 0.3) is 0 Å². The van der Waals surface area contributed by atoms with Crippen molar-refractivity contribution in [3.05, 3.63) is 35.0 Å². The molecule has 0 spiro atoms. The standard InChI is InChI=1S/C8H9NO2/c1-11-8-4-2-7(3-5-8)6-9-10/h2-6,10H,1H3/p-1/b9-6-. The van der Waals surface area contributed by atoms with Crippen LogP contribution in [0.4, 0.5) is 0 Å². The van der Waals surface area contributed by atoms with E-state index in [0.717, 1.165) is 11.3 Å². The summed E-state index contributed by atoms with van der Waals surface area (Å²) >= 11 is 0. The summed E-state index contributed by atoms with van der Waals surface area (Å²) < 4.78 is 4.92. The molecule has 0 radical (unpaired) electrons. The van der Waals surface area contributed by atoms with Gasteiger partial charge in [0.2, 0.25) is 0 Å². The quantitative estimate of drug-likeness (QED) is 0.475. The lowest BCUT2D eigenvalue weighted by molar-refractivity contribution is 0.415. The van der Waals surface area contributed by atoms with Gasteiger partial charge in [-0.1, -0.05) is 0 Å². The first kappa shape index (κ1) is 7.60. The van der Waals surface area contributed by atoms with E-state index < -0.39 is 0 Å². The monoisotopic (exact) mass is 150 g/mol. The van der Waals surface area contributed by atoms with E-state index in [2.05, 4.69) is 5.16 Å². The summed E-state index contributed by atoms with van der Waals surface area (Å²) in [4.78, 5) is 0. The molecule has 0 saturated carbocycles. The smallest absolute Gasteiger partial charge is 0.118 e. The Morgan fingerprint density at radius 1 is 1.36 bits per heavy atom. The fourth-order valence-corrected chi connectivity index (χ4v) is 0.751. The number of ether oxygens (including phenoxy) is 1. The normalized spacial score (nSPS) is 10.3. The minimum Gasteiger partial charge on any atom is -0.792 e. The second kappa shape index (κ2) is 3.61. The van der Waals surface area contributed by atoms with Crippen LogP contribution in [0, 0.1) is 5.21 Å². The van der Waals surface area contributed by atoms with Gasteiger partial charge in [0.05, 0.1) is 7.11 Å². The first-order valence-electron chi connectivity index (χ1n) is 3.16. The largest absolute Gasteiger partial charge is 0.792 e. The summed E-state index contributed by atoms with van der Waals surface area (Å²) in [6.45, 7) is 0. The zero-order valence-electron chi connectivity index (χ0n) is 6.15. The molecule has 0 aliphatic rings. The molecule has 1 rings (SSSR count). The van der Waals surface area contributed by atoms with Crippen LogP contribution in [-0.4, -0.2) is 13.3 Å². The van der Waals surface area contributed by atoms with Crippen molar-refractivity contribution in [1.29, 1.82) is 0 Å². The predicted molar refractivity (Wildman–Crippen MR) is 44.0 cm³/mol. The van der Waals surface area contributed by atoms with E-state index in [1.165, 1.54) is 6.21 Å². The Hall–Kier alpha value is -1.51. The highest BCUT2D eigenvalue weighted by Gasteiger charge is 1.88. The maximum atomic E-state index is 9.79. The fraction of sp³-hybridized carbons (Fsp3) is 0.125. The lowest BCUT2D eigenvalue weighted by Gasteiger charge is -1.98. The Morgan fingerprint density at radius 3 is 2.45 bits per heavy atom. The van der Waals surface area contributed by atoms with Crippen molar-refractivity contribution >= 4 is 6.21 Å². The van der Waals surface area contributed by atoms with Gasteiger partial charge in [0.25, 0.3) is 0 Å². The van der Waals surface area contributed by atoms with Gasteiger partial charge in [0.15, 0.2) is 0 Å². The van der Waals surface area contributed by atoms with Gasteiger partial charge in [0, 0.05) is 6.21 Å². The molecule has 0 N–H and O–H groups in total. The summed E-state index contributed by atoms with van der Waals surface area (Å²) in [6.07, 6.45) is 1.25. The molecule has 3 nitrogen and oxygen atoms in total. The number of nitrogens with zero attached hydrogens (tertiary/aromatic N) is 1. The van der Waals surface area contributed by atoms with Crippen LogP contribution in [0.15, 0.2) is 29.4 Å². The number of rotatable bonds is 2. The molecule has 0 heterocycles. The fourth-order valence-electron chi connectivity index (χ4n) is 0.751. The van der Waals surface area contributed by atoms with Crippen molar-refractivity contribution in [3.8, 4) is 5.75 Å². The first-order chi connectivity index (χ1) is 5.36. The van der Waals surface area contributed by atoms with Crippen molar-refractivity contribution < 1.29 is 4.74 Å².